The summed E-state index contributed by atoms with van der Waals surface area (Å²) in [5, 5.41) is 21.4. The van der Waals surface area contributed by atoms with Gasteiger partial charge in [-0.15, -0.1) is 0 Å². The molecule has 0 radical (unpaired) electrons. The summed E-state index contributed by atoms with van der Waals surface area (Å²) in [5.74, 6) is 0.529. The van der Waals surface area contributed by atoms with Crippen molar-refractivity contribution in [2.75, 3.05) is 0 Å². The Balaban J connectivity index is 2.10. The third-order valence-electron chi connectivity index (χ3n) is 5.45. The molecule has 0 saturated heterocycles. The van der Waals surface area contributed by atoms with Crippen LogP contribution >= 0.6 is 0 Å². The van der Waals surface area contributed by atoms with Crippen LogP contribution in [0.1, 0.15) is 56.6 Å². The van der Waals surface area contributed by atoms with Crippen molar-refractivity contribution < 1.29 is 5.11 Å². The smallest absolute Gasteiger partial charge is 0.108 e. The molecule has 1 aromatic carbocycles. The molecular formula is C18H23NO. The van der Waals surface area contributed by atoms with Crippen LogP contribution in [0.3, 0.4) is 0 Å². The molecule has 0 bridgehead atoms. The van der Waals surface area contributed by atoms with Gasteiger partial charge in [0.25, 0.3) is 0 Å². The van der Waals surface area contributed by atoms with Crippen LogP contribution in [0, 0.1) is 22.7 Å². The highest BCUT2D eigenvalue weighted by atomic mass is 16.3. The van der Waals surface area contributed by atoms with E-state index in [2.05, 4.69) is 19.1 Å². The van der Waals surface area contributed by atoms with Gasteiger partial charge in [0.2, 0.25) is 0 Å². The van der Waals surface area contributed by atoms with E-state index < -0.39 is 11.0 Å². The Labute approximate surface area is 121 Å². The number of nitriles is 1. The third-order valence-corrected chi connectivity index (χ3v) is 5.45. The number of aliphatic hydroxyl groups is 1. The number of benzene rings is 1. The van der Waals surface area contributed by atoms with Crippen molar-refractivity contribution in [1.29, 1.82) is 5.26 Å². The normalized spacial score (nSPS) is 37.0. The molecule has 2 nitrogen and oxygen atoms in total. The Kier molecular flexibility index (Phi) is 3.34. The predicted octanol–water partition coefficient (Wildman–Crippen LogP) is 3.93. The van der Waals surface area contributed by atoms with Gasteiger partial charge in [0.15, 0.2) is 0 Å². The molecule has 1 N–H and O–H groups in total. The molecule has 3 unspecified atom stereocenters. The zero-order chi connectivity index (χ0) is 14.2. The van der Waals surface area contributed by atoms with Crippen molar-refractivity contribution in [2.45, 2.75) is 57.5 Å². The Hall–Kier alpha value is -1.33. The second-order valence-corrected chi connectivity index (χ2v) is 6.77. The average molecular weight is 269 g/mol. The molecule has 2 aliphatic carbocycles. The first-order valence-corrected chi connectivity index (χ1v) is 7.83. The van der Waals surface area contributed by atoms with Crippen LogP contribution in [0.5, 0.6) is 0 Å². The van der Waals surface area contributed by atoms with Gasteiger partial charge in [-0.25, -0.2) is 0 Å². The molecule has 2 aliphatic rings. The lowest BCUT2D eigenvalue weighted by atomic mass is 9.56. The lowest BCUT2D eigenvalue weighted by Crippen LogP contribution is -2.49. The molecular weight excluding hydrogens is 246 g/mol. The van der Waals surface area contributed by atoms with E-state index in [1.807, 2.05) is 18.2 Å². The molecule has 0 spiro atoms. The number of nitrogens with zero attached hydrogens (tertiary/aromatic N) is 1. The fourth-order valence-electron chi connectivity index (χ4n) is 4.43. The largest absolute Gasteiger partial charge is 0.383 e. The Bertz CT molecular complexity index is 547. The van der Waals surface area contributed by atoms with Crippen molar-refractivity contribution in [3.63, 3.8) is 0 Å². The first kappa shape index (κ1) is 13.6. The van der Waals surface area contributed by atoms with E-state index in [9.17, 15) is 10.4 Å². The van der Waals surface area contributed by atoms with Crippen LogP contribution in [0.2, 0.25) is 0 Å². The summed E-state index contributed by atoms with van der Waals surface area (Å²) < 4.78 is 0. The molecule has 1 saturated carbocycles. The van der Waals surface area contributed by atoms with E-state index in [4.69, 9.17) is 0 Å². The summed E-state index contributed by atoms with van der Waals surface area (Å²) in [6.45, 7) is 2.21. The highest BCUT2D eigenvalue weighted by molar-refractivity contribution is 5.38. The number of hydrogen-bond acceptors (Lipinski definition) is 2. The number of aryl methyl sites for hydroxylation is 1. The van der Waals surface area contributed by atoms with Gasteiger partial charge in [0.1, 0.15) is 5.60 Å². The summed E-state index contributed by atoms with van der Waals surface area (Å²) in [5.41, 5.74) is 0.697. The van der Waals surface area contributed by atoms with Crippen molar-refractivity contribution in [1.82, 2.24) is 0 Å². The van der Waals surface area contributed by atoms with Gasteiger partial charge in [-0.3, -0.25) is 0 Å². The van der Waals surface area contributed by atoms with Crippen LogP contribution in [-0.4, -0.2) is 5.11 Å². The van der Waals surface area contributed by atoms with E-state index in [0.29, 0.717) is 5.92 Å². The Morgan fingerprint density at radius 2 is 2.05 bits per heavy atom. The summed E-state index contributed by atoms with van der Waals surface area (Å²) in [6, 6.07) is 10.7. The second kappa shape index (κ2) is 4.90. The fraction of sp³-hybridized carbons (Fsp3) is 0.611. The maximum Gasteiger partial charge on any atom is 0.108 e. The summed E-state index contributed by atoms with van der Waals surface area (Å²) in [6.07, 6.45) is 6.62. The van der Waals surface area contributed by atoms with Crippen molar-refractivity contribution in [2.24, 2.45) is 11.3 Å². The van der Waals surface area contributed by atoms with Crippen LogP contribution < -0.4 is 0 Å². The first-order valence-electron chi connectivity index (χ1n) is 7.83. The minimum absolute atomic E-state index is 0.529. The van der Waals surface area contributed by atoms with E-state index >= 15 is 0 Å². The maximum absolute atomic E-state index is 11.5. The number of fused-ring (bicyclic) bond motifs is 1. The summed E-state index contributed by atoms with van der Waals surface area (Å²) in [4.78, 5) is 0. The van der Waals surface area contributed by atoms with E-state index in [-0.39, 0.29) is 0 Å². The van der Waals surface area contributed by atoms with Crippen LogP contribution in [-0.2, 0) is 12.0 Å². The van der Waals surface area contributed by atoms with Gasteiger partial charge in [-0.1, -0.05) is 44.0 Å². The Morgan fingerprint density at radius 1 is 1.25 bits per heavy atom. The summed E-state index contributed by atoms with van der Waals surface area (Å²) in [7, 11) is 0. The topological polar surface area (TPSA) is 44.0 Å². The zero-order valence-corrected chi connectivity index (χ0v) is 12.2. The monoisotopic (exact) mass is 269 g/mol. The quantitative estimate of drug-likeness (QED) is 0.839. The summed E-state index contributed by atoms with van der Waals surface area (Å²) >= 11 is 0. The van der Waals surface area contributed by atoms with Gasteiger partial charge in [-0.2, -0.15) is 5.26 Å². The van der Waals surface area contributed by atoms with Gasteiger partial charge >= 0.3 is 0 Å². The van der Waals surface area contributed by atoms with E-state index in [1.165, 1.54) is 12.0 Å². The minimum atomic E-state index is -0.953. The van der Waals surface area contributed by atoms with E-state index in [0.717, 1.165) is 44.1 Å². The molecule has 2 heteroatoms. The van der Waals surface area contributed by atoms with E-state index in [1.54, 1.807) is 0 Å². The minimum Gasteiger partial charge on any atom is -0.383 e. The maximum atomic E-state index is 11.5. The molecule has 1 fully saturated rings. The SMILES string of the molecule is CC1CCCC(C#N)(C2(O)CCCc3ccccc32)C1. The van der Waals surface area contributed by atoms with Crippen LogP contribution in [0.4, 0.5) is 0 Å². The standard InChI is InChI=1S/C18H23NO/c1-14-6-4-10-17(12-14,13-19)18(20)11-5-8-15-7-2-3-9-16(15)18/h2-3,7,9,14,20H,4-6,8,10-12H2,1H3. The molecule has 3 atom stereocenters. The van der Waals surface area contributed by atoms with Gasteiger partial charge in [0.05, 0.1) is 11.5 Å². The zero-order valence-electron chi connectivity index (χ0n) is 12.2. The number of rotatable bonds is 1. The third kappa shape index (κ3) is 1.88. The van der Waals surface area contributed by atoms with Crippen molar-refractivity contribution in [3.05, 3.63) is 35.4 Å². The molecule has 3 rings (SSSR count). The molecule has 1 aromatic rings. The van der Waals surface area contributed by atoms with Gasteiger partial charge in [0, 0.05) is 0 Å². The molecule has 0 heterocycles. The lowest BCUT2D eigenvalue weighted by molar-refractivity contribution is -0.0986. The fourth-order valence-corrected chi connectivity index (χ4v) is 4.43. The van der Waals surface area contributed by atoms with Gasteiger partial charge in [-0.05, 0) is 49.1 Å². The Morgan fingerprint density at radius 3 is 2.80 bits per heavy atom. The second-order valence-electron chi connectivity index (χ2n) is 6.77. The molecule has 106 valence electrons. The van der Waals surface area contributed by atoms with Gasteiger partial charge < -0.3 is 5.11 Å². The molecule has 0 amide bonds. The van der Waals surface area contributed by atoms with Crippen molar-refractivity contribution >= 4 is 0 Å². The molecule has 0 aromatic heterocycles. The molecule has 0 aliphatic heterocycles. The lowest BCUT2D eigenvalue weighted by Gasteiger charge is -2.49. The predicted molar refractivity (Wildman–Crippen MR) is 79.0 cm³/mol. The number of hydrogen-bond donors (Lipinski definition) is 1. The van der Waals surface area contributed by atoms with Crippen LogP contribution in [0.15, 0.2) is 24.3 Å². The van der Waals surface area contributed by atoms with Crippen molar-refractivity contribution in [3.8, 4) is 6.07 Å². The highest BCUT2D eigenvalue weighted by Gasteiger charge is 2.54. The highest BCUT2D eigenvalue weighted by Crippen LogP contribution is 2.55. The van der Waals surface area contributed by atoms with Crippen LogP contribution in [0.25, 0.3) is 0 Å². The first-order chi connectivity index (χ1) is 9.61. The molecule has 20 heavy (non-hydrogen) atoms. The average Bonchev–Trinajstić information content (AvgIpc) is 2.47.